The predicted molar refractivity (Wildman–Crippen MR) is 202 cm³/mol. The number of rotatable bonds is 33. The molecule has 1 aliphatic rings. The maximum absolute atomic E-state index is 2.65. The molecule has 1 aliphatic heterocycles. The van der Waals surface area contributed by atoms with E-state index >= 15 is 0 Å². The number of benzene rings is 1. The molecule has 45 heavy (non-hydrogen) atoms. The summed E-state index contributed by atoms with van der Waals surface area (Å²) in [7, 11) is 0. The zero-order chi connectivity index (χ0) is 31.9. The molecular weight excluding hydrogens is 544 g/mol. The maximum Gasteiger partial charge on any atom is 0.105 e. The summed E-state index contributed by atoms with van der Waals surface area (Å²) in [5, 5.41) is 0. The third-order valence-corrected chi connectivity index (χ3v) is 10.3. The van der Waals surface area contributed by atoms with Crippen molar-refractivity contribution in [3.05, 3.63) is 48.3 Å². The molecule has 1 aromatic rings. The van der Waals surface area contributed by atoms with E-state index in [9.17, 15) is 0 Å². The Morgan fingerprint density at radius 2 is 0.667 bits per heavy atom. The molecule has 260 valence electrons. The zero-order valence-corrected chi connectivity index (χ0v) is 30.6. The first-order valence-electron chi connectivity index (χ1n) is 20.6. The zero-order valence-electron chi connectivity index (χ0n) is 30.6. The monoisotopic (exact) mass is 623 g/mol. The summed E-state index contributed by atoms with van der Waals surface area (Å²) in [6, 6.07) is 11.2. The van der Waals surface area contributed by atoms with Crippen LogP contribution in [0.3, 0.4) is 0 Å². The van der Waals surface area contributed by atoms with Gasteiger partial charge in [0.1, 0.15) is 6.17 Å². The van der Waals surface area contributed by atoms with Crippen molar-refractivity contribution in [2.24, 2.45) is 0 Å². The Bertz CT molecular complexity index is 758. The van der Waals surface area contributed by atoms with Crippen molar-refractivity contribution >= 4 is 0 Å². The van der Waals surface area contributed by atoms with Gasteiger partial charge in [-0.1, -0.05) is 218 Å². The lowest BCUT2D eigenvalue weighted by atomic mass is 10.0. The van der Waals surface area contributed by atoms with E-state index in [0.717, 1.165) is 6.42 Å². The average molecular weight is 623 g/mol. The summed E-state index contributed by atoms with van der Waals surface area (Å²) in [6.45, 7) is 7.04. The molecule has 2 nitrogen and oxygen atoms in total. The average Bonchev–Trinajstić information content (AvgIpc) is 3.44. The van der Waals surface area contributed by atoms with E-state index in [-0.39, 0.29) is 0 Å². The second-order valence-electron chi connectivity index (χ2n) is 14.5. The highest BCUT2D eigenvalue weighted by Crippen LogP contribution is 2.23. The van der Waals surface area contributed by atoms with E-state index in [4.69, 9.17) is 0 Å². The highest BCUT2D eigenvalue weighted by Gasteiger charge is 2.25. The molecular formula is C43H78N2. The minimum absolute atomic E-state index is 0.501. The fraction of sp³-hybridized carbons (Fsp3) is 0.814. The molecule has 0 aromatic heterocycles. The van der Waals surface area contributed by atoms with Gasteiger partial charge in [-0.05, 0) is 18.4 Å². The number of nitrogens with zero attached hydrogens (tertiary/aromatic N) is 2. The quantitative estimate of drug-likeness (QED) is 0.0720. The molecule has 0 amide bonds. The smallest absolute Gasteiger partial charge is 0.105 e. The third-order valence-electron chi connectivity index (χ3n) is 10.3. The lowest BCUT2D eigenvalue weighted by Gasteiger charge is -2.33. The van der Waals surface area contributed by atoms with Gasteiger partial charge < -0.3 is 9.80 Å². The van der Waals surface area contributed by atoms with Crippen LogP contribution in [0.5, 0.6) is 0 Å². The Kier molecular flexibility index (Phi) is 26.4. The molecule has 1 aromatic carbocycles. The molecule has 0 bridgehead atoms. The summed E-state index contributed by atoms with van der Waals surface area (Å²) >= 11 is 0. The summed E-state index contributed by atoms with van der Waals surface area (Å²) in [5.74, 6) is 0. The standard InChI is InChI=1S/C43H78N2/c1-3-5-7-9-11-13-15-17-19-21-23-25-27-29-34-38-45-40-39-44(43(45)41-42-35-31-30-32-36-42)37-33-28-26-24-22-20-18-16-14-12-10-8-6-4-2/h30-32,35-36,39-40,43H,3-29,33-34,37-38,41H2,1-2H3. The molecule has 0 saturated heterocycles. The molecule has 2 rings (SSSR count). The second kappa shape index (κ2) is 29.9. The van der Waals surface area contributed by atoms with Gasteiger partial charge in [0.2, 0.25) is 0 Å². The first-order chi connectivity index (χ1) is 22.3. The Morgan fingerprint density at radius 3 is 0.978 bits per heavy atom. The van der Waals surface area contributed by atoms with E-state index < -0.39 is 0 Å². The molecule has 0 radical (unpaired) electrons. The topological polar surface area (TPSA) is 6.48 Å². The molecule has 1 unspecified atom stereocenters. The van der Waals surface area contributed by atoms with Gasteiger partial charge in [-0.15, -0.1) is 0 Å². The predicted octanol–water partition coefficient (Wildman–Crippen LogP) is 14.0. The highest BCUT2D eigenvalue weighted by atomic mass is 15.4. The van der Waals surface area contributed by atoms with Crippen molar-refractivity contribution in [1.82, 2.24) is 9.80 Å². The Morgan fingerprint density at radius 1 is 0.378 bits per heavy atom. The Hall–Kier alpha value is -1.44. The van der Waals surface area contributed by atoms with Gasteiger partial charge in [0.05, 0.1) is 0 Å². The van der Waals surface area contributed by atoms with Crippen molar-refractivity contribution in [3.8, 4) is 0 Å². The minimum Gasteiger partial charge on any atom is -0.356 e. The lowest BCUT2D eigenvalue weighted by Crippen LogP contribution is -2.41. The number of unbranched alkanes of at least 4 members (excludes halogenated alkanes) is 27. The summed E-state index contributed by atoms with van der Waals surface area (Å²) in [6.07, 6.45) is 48.0. The summed E-state index contributed by atoms with van der Waals surface area (Å²) in [5.41, 5.74) is 1.47. The van der Waals surface area contributed by atoms with Crippen molar-refractivity contribution < 1.29 is 0 Å². The normalized spacial score (nSPS) is 14.7. The van der Waals surface area contributed by atoms with E-state index in [2.05, 4.69) is 66.4 Å². The lowest BCUT2D eigenvalue weighted by molar-refractivity contribution is 0.148. The molecule has 0 fully saturated rings. The molecule has 0 saturated carbocycles. The van der Waals surface area contributed by atoms with Crippen molar-refractivity contribution in [2.75, 3.05) is 13.1 Å². The van der Waals surface area contributed by atoms with Gasteiger partial charge in [-0.25, -0.2) is 0 Å². The van der Waals surface area contributed by atoms with Crippen LogP contribution in [0, 0.1) is 0 Å². The van der Waals surface area contributed by atoms with Gasteiger partial charge in [-0.3, -0.25) is 0 Å². The van der Waals surface area contributed by atoms with Crippen molar-refractivity contribution in [1.29, 1.82) is 0 Å². The van der Waals surface area contributed by atoms with Crippen molar-refractivity contribution in [2.45, 2.75) is 213 Å². The molecule has 2 heteroatoms. The van der Waals surface area contributed by atoms with Gasteiger partial charge in [-0.2, -0.15) is 0 Å². The SMILES string of the molecule is CCCCCCCCCCCCCCCCCN1C=CN(CCCCCCCCCCCCCCCC)C1Cc1ccccc1. The third kappa shape index (κ3) is 21.9. The molecule has 1 atom stereocenters. The van der Waals surface area contributed by atoms with Crippen LogP contribution in [-0.4, -0.2) is 29.1 Å². The first-order valence-corrected chi connectivity index (χ1v) is 20.6. The molecule has 1 heterocycles. The second-order valence-corrected chi connectivity index (χ2v) is 14.5. The molecule has 0 spiro atoms. The van der Waals surface area contributed by atoms with Gasteiger partial charge in [0, 0.05) is 31.9 Å². The van der Waals surface area contributed by atoms with Crippen LogP contribution in [0.15, 0.2) is 42.7 Å². The van der Waals surface area contributed by atoms with Crippen LogP contribution in [0.4, 0.5) is 0 Å². The van der Waals surface area contributed by atoms with Gasteiger partial charge in [0.25, 0.3) is 0 Å². The van der Waals surface area contributed by atoms with E-state index in [1.54, 1.807) is 0 Å². The fourth-order valence-corrected chi connectivity index (χ4v) is 7.22. The number of hydrogen-bond acceptors (Lipinski definition) is 2. The highest BCUT2D eigenvalue weighted by molar-refractivity contribution is 5.17. The van der Waals surface area contributed by atoms with Crippen LogP contribution in [-0.2, 0) is 6.42 Å². The Balaban J connectivity index is 1.50. The van der Waals surface area contributed by atoms with E-state index in [0.29, 0.717) is 6.17 Å². The minimum atomic E-state index is 0.501. The van der Waals surface area contributed by atoms with Gasteiger partial charge in [0.15, 0.2) is 0 Å². The summed E-state index contributed by atoms with van der Waals surface area (Å²) in [4.78, 5) is 5.30. The molecule has 0 N–H and O–H groups in total. The van der Waals surface area contributed by atoms with Gasteiger partial charge >= 0.3 is 0 Å². The van der Waals surface area contributed by atoms with E-state index in [1.165, 1.54) is 205 Å². The van der Waals surface area contributed by atoms with Crippen LogP contribution in [0.25, 0.3) is 0 Å². The molecule has 0 aliphatic carbocycles. The van der Waals surface area contributed by atoms with E-state index in [1.807, 2.05) is 0 Å². The maximum atomic E-state index is 2.65. The fourth-order valence-electron chi connectivity index (χ4n) is 7.22. The van der Waals surface area contributed by atoms with Crippen LogP contribution in [0.1, 0.15) is 206 Å². The van der Waals surface area contributed by atoms with Crippen LogP contribution < -0.4 is 0 Å². The Labute approximate surface area is 283 Å². The summed E-state index contributed by atoms with van der Waals surface area (Å²) < 4.78 is 0. The van der Waals surface area contributed by atoms with Crippen molar-refractivity contribution in [3.63, 3.8) is 0 Å². The van der Waals surface area contributed by atoms with Crippen LogP contribution >= 0.6 is 0 Å². The number of hydrogen-bond donors (Lipinski definition) is 0. The largest absolute Gasteiger partial charge is 0.356 e. The van der Waals surface area contributed by atoms with Crippen LogP contribution in [0.2, 0.25) is 0 Å². The first kappa shape index (κ1) is 39.7.